The van der Waals surface area contributed by atoms with Crippen molar-refractivity contribution in [2.45, 2.75) is 19.9 Å². The maximum absolute atomic E-state index is 6.06. The molecule has 0 aromatic heterocycles. The summed E-state index contributed by atoms with van der Waals surface area (Å²) in [5, 5.41) is 0. The van der Waals surface area contributed by atoms with Gasteiger partial charge in [0.25, 0.3) is 0 Å². The summed E-state index contributed by atoms with van der Waals surface area (Å²) in [6, 6.07) is 6.77. The van der Waals surface area contributed by atoms with Crippen LogP contribution < -0.4 is 10.6 Å². The summed E-state index contributed by atoms with van der Waals surface area (Å²) in [6.45, 7) is 8.86. The summed E-state index contributed by atoms with van der Waals surface area (Å²) < 4.78 is 1.04. The molecule has 1 aliphatic heterocycles. The third-order valence-corrected chi connectivity index (χ3v) is 3.87. The van der Waals surface area contributed by atoms with E-state index in [1.54, 1.807) is 0 Å². The molecule has 4 heteroatoms. The van der Waals surface area contributed by atoms with Crippen LogP contribution in [0.15, 0.2) is 22.7 Å². The normalized spacial score (nSPS) is 17.8. The lowest BCUT2D eigenvalue weighted by molar-refractivity contribution is 0.209. The molecule has 0 aliphatic carbocycles. The van der Waals surface area contributed by atoms with E-state index in [0.717, 1.165) is 42.0 Å². The predicted octanol–water partition coefficient (Wildman–Crippen LogP) is 2.56. The topological polar surface area (TPSA) is 32.5 Å². The van der Waals surface area contributed by atoms with Crippen LogP contribution in [0.1, 0.15) is 13.8 Å². The van der Waals surface area contributed by atoms with Crippen LogP contribution >= 0.6 is 15.9 Å². The molecule has 1 saturated heterocycles. The van der Waals surface area contributed by atoms with Gasteiger partial charge >= 0.3 is 0 Å². The zero-order valence-corrected chi connectivity index (χ0v) is 12.1. The van der Waals surface area contributed by atoms with Crippen LogP contribution in [0.3, 0.4) is 0 Å². The molecule has 1 aliphatic rings. The van der Waals surface area contributed by atoms with E-state index in [0.29, 0.717) is 6.04 Å². The number of anilines is 2. The van der Waals surface area contributed by atoms with Crippen molar-refractivity contribution in [2.75, 3.05) is 36.8 Å². The van der Waals surface area contributed by atoms with Gasteiger partial charge in [-0.3, -0.25) is 4.90 Å². The summed E-state index contributed by atoms with van der Waals surface area (Å²) in [6.07, 6.45) is 0. The minimum Gasteiger partial charge on any atom is -0.397 e. The maximum atomic E-state index is 6.06. The number of piperazine rings is 1. The summed E-state index contributed by atoms with van der Waals surface area (Å²) in [5.74, 6) is 0. The molecule has 0 bridgehead atoms. The SMILES string of the molecule is CC(C)N1CCN(c2ccc(Br)cc2N)CC1. The van der Waals surface area contributed by atoms with E-state index in [1.807, 2.05) is 6.07 Å². The largest absolute Gasteiger partial charge is 0.397 e. The molecule has 1 aromatic carbocycles. The van der Waals surface area contributed by atoms with Crippen molar-refractivity contribution >= 4 is 27.3 Å². The van der Waals surface area contributed by atoms with Crippen LogP contribution in [0, 0.1) is 0 Å². The smallest absolute Gasteiger partial charge is 0.0601 e. The zero-order chi connectivity index (χ0) is 12.4. The first-order valence-electron chi connectivity index (χ1n) is 6.12. The minimum absolute atomic E-state index is 0.638. The second-order valence-electron chi connectivity index (χ2n) is 4.82. The second-order valence-corrected chi connectivity index (χ2v) is 5.74. The van der Waals surface area contributed by atoms with E-state index in [-0.39, 0.29) is 0 Å². The first-order chi connectivity index (χ1) is 8.08. The molecule has 17 heavy (non-hydrogen) atoms. The zero-order valence-electron chi connectivity index (χ0n) is 10.5. The van der Waals surface area contributed by atoms with Gasteiger partial charge in [0.2, 0.25) is 0 Å². The highest BCUT2D eigenvalue weighted by atomic mass is 79.9. The van der Waals surface area contributed by atoms with Gasteiger partial charge in [0, 0.05) is 36.7 Å². The van der Waals surface area contributed by atoms with Crippen molar-refractivity contribution in [3.8, 4) is 0 Å². The molecule has 0 unspecified atom stereocenters. The molecular formula is C13H20BrN3. The lowest BCUT2D eigenvalue weighted by Crippen LogP contribution is -2.49. The van der Waals surface area contributed by atoms with E-state index < -0.39 is 0 Å². The maximum Gasteiger partial charge on any atom is 0.0601 e. The van der Waals surface area contributed by atoms with Gasteiger partial charge in [-0.25, -0.2) is 0 Å². The van der Waals surface area contributed by atoms with Crippen molar-refractivity contribution in [1.29, 1.82) is 0 Å². The first-order valence-corrected chi connectivity index (χ1v) is 6.91. The molecule has 2 rings (SSSR count). The van der Waals surface area contributed by atoms with E-state index in [9.17, 15) is 0 Å². The number of hydrogen-bond donors (Lipinski definition) is 1. The van der Waals surface area contributed by atoms with Crippen LogP contribution in [-0.4, -0.2) is 37.1 Å². The van der Waals surface area contributed by atoms with Gasteiger partial charge in [-0.15, -0.1) is 0 Å². The lowest BCUT2D eigenvalue weighted by atomic mass is 10.2. The van der Waals surface area contributed by atoms with E-state index in [2.05, 4.69) is 51.7 Å². The van der Waals surface area contributed by atoms with Crippen molar-refractivity contribution in [3.05, 3.63) is 22.7 Å². The van der Waals surface area contributed by atoms with Crippen molar-refractivity contribution < 1.29 is 0 Å². The Morgan fingerprint density at radius 3 is 2.35 bits per heavy atom. The van der Waals surface area contributed by atoms with Crippen LogP contribution in [-0.2, 0) is 0 Å². The molecule has 0 atom stereocenters. The molecule has 0 saturated carbocycles. The summed E-state index contributed by atoms with van der Waals surface area (Å²) >= 11 is 3.44. The Labute approximate surface area is 112 Å². The first kappa shape index (κ1) is 12.7. The molecule has 0 radical (unpaired) electrons. The Hall–Kier alpha value is -0.740. The molecule has 0 amide bonds. The van der Waals surface area contributed by atoms with Crippen LogP contribution in [0.25, 0.3) is 0 Å². The highest BCUT2D eigenvalue weighted by molar-refractivity contribution is 9.10. The average Bonchev–Trinajstić information content (AvgIpc) is 2.29. The van der Waals surface area contributed by atoms with Gasteiger partial charge in [-0.1, -0.05) is 15.9 Å². The molecule has 1 fully saturated rings. The number of benzene rings is 1. The number of rotatable bonds is 2. The number of halogens is 1. The van der Waals surface area contributed by atoms with Crippen molar-refractivity contribution in [2.24, 2.45) is 0 Å². The Bertz CT molecular complexity index is 384. The summed E-state index contributed by atoms with van der Waals surface area (Å²) in [4.78, 5) is 4.88. The Balaban J connectivity index is 2.05. The summed E-state index contributed by atoms with van der Waals surface area (Å²) in [7, 11) is 0. The number of hydrogen-bond acceptors (Lipinski definition) is 3. The van der Waals surface area contributed by atoms with Gasteiger partial charge in [0.15, 0.2) is 0 Å². The molecule has 1 aromatic rings. The minimum atomic E-state index is 0.638. The molecule has 3 nitrogen and oxygen atoms in total. The van der Waals surface area contributed by atoms with Gasteiger partial charge in [-0.05, 0) is 32.0 Å². The second kappa shape index (κ2) is 5.27. The highest BCUT2D eigenvalue weighted by Crippen LogP contribution is 2.27. The van der Waals surface area contributed by atoms with Crippen LogP contribution in [0.4, 0.5) is 11.4 Å². The van der Waals surface area contributed by atoms with Gasteiger partial charge in [0.05, 0.1) is 11.4 Å². The van der Waals surface area contributed by atoms with Crippen LogP contribution in [0.2, 0.25) is 0 Å². The monoisotopic (exact) mass is 297 g/mol. The standard InChI is InChI=1S/C13H20BrN3/c1-10(2)16-5-7-17(8-6-16)13-4-3-11(14)9-12(13)15/h3-4,9-10H,5-8,15H2,1-2H3. The van der Waals surface area contributed by atoms with E-state index in [4.69, 9.17) is 5.73 Å². The fourth-order valence-electron chi connectivity index (χ4n) is 2.29. The fourth-order valence-corrected chi connectivity index (χ4v) is 2.67. The Kier molecular flexibility index (Phi) is 3.94. The molecular weight excluding hydrogens is 278 g/mol. The van der Waals surface area contributed by atoms with E-state index in [1.165, 1.54) is 0 Å². The summed E-state index contributed by atoms with van der Waals surface area (Å²) in [5.41, 5.74) is 8.08. The fraction of sp³-hybridized carbons (Fsp3) is 0.538. The predicted molar refractivity (Wildman–Crippen MR) is 77.5 cm³/mol. The third kappa shape index (κ3) is 2.93. The number of nitrogens with two attached hydrogens (primary N) is 1. The van der Waals surface area contributed by atoms with Gasteiger partial charge in [-0.2, -0.15) is 0 Å². The highest BCUT2D eigenvalue weighted by Gasteiger charge is 2.20. The van der Waals surface area contributed by atoms with Gasteiger partial charge < -0.3 is 10.6 Å². The number of nitrogens with zero attached hydrogens (tertiary/aromatic N) is 2. The Morgan fingerprint density at radius 1 is 1.18 bits per heavy atom. The number of nitrogen functional groups attached to an aromatic ring is 1. The molecule has 94 valence electrons. The van der Waals surface area contributed by atoms with Gasteiger partial charge in [0.1, 0.15) is 0 Å². The van der Waals surface area contributed by atoms with Crippen LogP contribution in [0.5, 0.6) is 0 Å². The Morgan fingerprint density at radius 2 is 1.82 bits per heavy atom. The molecule has 0 spiro atoms. The lowest BCUT2D eigenvalue weighted by Gasteiger charge is -2.38. The van der Waals surface area contributed by atoms with E-state index >= 15 is 0 Å². The third-order valence-electron chi connectivity index (χ3n) is 3.37. The molecule has 1 heterocycles. The quantitative estimate of drug-likeness (QED) is 0.852. The van der Waals surface area contributed by atoms with Crippen molar-refractivity contribution in [1.82, 2.24) is 4.90 Å². The average molecular weight is 298 g/mol. The van der Waals surface area contributed by atoms with Crippen molar-refractivity contribution in [3.63, 3.8) is 0 Å². The molecule has 2 N–H and O–H groups in total.